The highest BCUT2D eigenvalue weighted by Crippen LogP contribution is 2.43. The van der Waals surface area contributed by atoms with Gasteiger partial charge in [0.1, 0.15) is 6.10 Å². The van der Waals surface area contributed by atoms with E-state index >= 15 is 0 Å². The zero-order valence-electron chi connectivity index (χ0n) is 20.8. The Hall–Kier alpha value is -3.64. The lowest BCUT2D eigenvalue weighted by Gasteiger charge is -2.36. The van der Waals surface area contributed by atoms with Gasteiger partial charge in [-0.25, -0.2) is 9.48 Å². The summed E-state index contributed by atoms with van der Waals surface area (Å²) in [6, 6.07) is 10.3. The maximum atomic E-state index is 12.8. The Morgan fingerprint density at radius 2 is 1.95 bits per heavy atom. The minimum absolute atomic E-state index is 0.0161. The van der Waals surface area contributed by atoms with E-state index in [1.54, 1.807) is 4.90 Å². The summed E-state index contributed by atoms with van der Waals surface area (Å²) < 4.78 is 8.41. The number of hydrogen-bond donors (Lipinski definition) is 1. The van der Waals surface area contributed by atoms with Crippen LogP contribution in [-0.4, -0.2) is 62.4 Å². The van der Waals surface area contributed by atoms with Crippen molar-refractivity contribution in [2.45, 2.75) is 62.7 Å². The third-order valence-corrected chi connectivity index (χ3v) is 8.51. The van der Waals surface area contributed by atoms with Gasteiger partial charge in [0.05, 0.1) is 47.8 Å². The van der Waals surface area contributed by atoms with E-state index in [2.05, 4.69) is 36.9 Å². The molecule has 9 nitrogen and oxygen atoms in total. The van der Waals surface area contributed by atoms with Gasteiger partial charge in [0, 0.05) is 25.1 Å². The van der Waals surface area contributed by atoms with E-state index < -0.39 is 18.2 Å². The van der Waals surface area contributed by atoms with Crippen LogP contribution in [0.15, 0.2) is 36.9 Å². The second-order valence-corrected chi connectivity index (χ2v) is 10.6. The molecule has 2 fully saturated rings. The molecule has 2 aromatic rings. The second-order valence-electron chi connectivity index (χ2n) is 10.6. The van der Waals surface area contributed by atoms with Gasteiger partial charge in [0.25, 0.3) is 0 Å². The highest BCUT2D eigenvalue weighted by Gasteiger charge is 2.44. The van der Waals surface area contributed by atoms with Gasteiger partial charge in [-0.1, -0.05) is 25.1 Å². The van der Waals surface area contributed by atoms with E-state index in [1.807, 2.05) is 4.68 Å². The SMILES string of the molecule is C=CC(=O)N1CC(OC2CC(C#N)C2)c2nn(-c3ccc(C4CCC4)cc3)c3c2C(C1)N(C(=O)O)CC3. The van der Waals surface area contributed by atoms with E-state index in [-0.39, 0.29) is 31.0 Å². The fourth-order valence-electron chi connectivity index (χ4n) is 6.13. The van der Waals surface area contributed by atoms with Gasteiger partial charge in [-0.05, 0) is 55.4 Å². The summed E-state index contributed by atoms with van der Waals surface area (Å²) in [5, 5.41) is 24.3. The predicted octanol–water partition coefficient (Wildman–Crippen LogP) is 4.11. The van der Waals surface area contributed by atoms with Crippen LogP contribution in [0.1, 0.15) is 72.7 Å². The van der Waals surface area contributed by atoms with Crippen molar-refractivity contribution in [1.82, 2.24) is 19.6 Å². The lowest BCUT2D eigenvalue weighted by Crippen LogP contribution is -2.45. The Morgan fingerprint density at radius 3 is 2.57 bits per heavy atom. The van der Waals surface area contributed by atoms with Crippen LogP contribution in [0.25, 0.3) is 5.69 Å². The molecule has 2 aliphatic heterocycles. The van der Waals surface area contributed by atoms with Crippen LogP contribution in [-0.2, 0) is 16.0 Å². The van der Waals surface area contributed by atoms with Gasteiger partial charge in [0.15, 0.2) is 0 Å². The number of nitriles is 1. The summed E-state index contributed by atoms with van der Waals surface area (Å²) in [5.74, 6) is 0.359. The van der Waals surface area contributed by atoms with E-state index in [1.165, 1.54) is 35.8 Å². The number of aromatic nitrogens is 2. The summed E-state index contributed by atoms with van der Waals surface area (Å²) in [6.45, 7) is 4.44. The maximum Gasteiger partial charge on any atom is 0.407 e. The number of benzene rings is 1. The molecule has 2 saturated carbocycles. The Labute approximate surface area is 215 Å². The van der Waals surface area contributed by atoms with Crippen LogP contribution in [0.4, 0.5) is 4.79 Å². The van der Waals surface area contributed by atoms with Crippen LogP contribution in [0.5, 0.6) is 0 Å². The van der Waals surface area contributed by atoms with Crippen molar-refractivity contribution >= 4 is 12.0 Å². The minimum atomic E-state index is -1.01. The zero-order chi connectivity index (χ0) is 25.7. The molecule has 3 heterocycles. The number of carbonyl (C=O) groups excluding carboxylic acids is 1. The van der Waals surface area contributed by atoms with E-state index in [0.717, 1.165) is 16.9 Å². The Morgan fingerprint density at radius 1 is 1.19 bits per heavy atom. The molecule has 4 aliphatic rings. The third kappa shape index (κ3) is 4.09. The van der Waals surface area contributed by atoms with Gasteiger partial charge in [0.2, 0.25) is 5.91 Å². The molecule has 1 N–H and O–H groups in total. The van der Waals surface area contributed by atoms with Gasteiger partial charge >= 0.3 is 6.09 Å². The number of hydrogen-bond acceptors (Lipinski definition) is 5. The molecule has 2 amide bonds. The number of amides is 2. The topological polar surface area (TPSA) is 112 Å². The summed E-state index contributed by atoms with van der Waals surface area (Å²) in [6.07, 6.45) is 5.22. The number of carboxylic acid groups (broad SMARTS) is 1. The van der Waals surface area contributed by atoms with Crippen molar-refractivity contribution in [3.8, 4) is 11.8 Å². The Balaban J connectivity index is 1.42. The van der Waals surface area contributed by atoms with E-state index in [4.69, 9.17) is 9.84 Å². The van der Waals surface area contributed by atoms with Crippen molar-refractivity contribution in [2.24, 2.45) is 5.92 Å². The van der Waals surface area contributed by atoms with Gasteiger partial charge in [-0.2, -0.15) is 10.4 Å². The predicted molar refractivity (Wildman–Crippen MR) is 134 cm³/mol. The molecule has 6 rings (SSSR count). The van der Waals surface area contributed by atoms with Crippen molar-refractivity contribution in [3.63, 3.8) is 0 Å². The largest absolute Gasteiger partial charge is 0.465 e. The molecule has 1 aromatic heterocycles. The number of rotatable bonds is 5. The molecular weight excluding hydrogens is 470 g/mol. The average Bonchev–Trinajstić information content (AvgIpc) is 3.15. The molecule has 2 aliphatic carbocycles. The van der Waals surface area contributed by atoms with Crippen molar-refractivity contribution in [1.29, 1.82) is 5.26 Å². The lowest BCUT2D eigenvalue weighted by molar-refractivity contribution is -0.131. The van der Waals surface area contributed by atoms with Gasteiger partial charge in [-0.3, -0.25) is 9.69 Å². The van der Waals surface area contributed by atoms with Crippen molar-refractivity contribution in [2.75, 3.05) is 19.6 Å². The fraction of sp³-hybridized carbons (Fsp3) is 0.500. The van der Waals surface area contributed by atoms with Gasteiger partial charge in [-0.15, -0.1) is 0 Å². The van der Waals surface area contributed by atoms with Crippen molar-refractivity contribution < 1.29 is 19.4 Å². The summed E-state index contributed by atoms with van der Waals surface area (Å²) >= 11 is 0. The molecule has 2 atom stereocenters. The smallest absolute Gasteiger partial charge is 0.407 e. The molecule has 0 bridgehead atoms. The standard InChI is InChI=1S/C28H31N5O4/c1-2-25(34)31-15-23-26-22(10-11-32(23)28(35)36)33(20-8-6-19(7-9-20)18-4-3-5-18)30-27(26)24(16-31)37-21-12-17(13-21)14-29/h2,6-9,17-18,21,23-24H,1,3-5,10-13,15-16H2,(H,35,36). The monoisotopic (exact) mass is 501 g/mol. The highest BCUT2D eigenvalue weighted by atomic mass is 16.5. The highest BCUT2D eigenvalue weighted by molar-refractivity contribution is 5.87. The molecule has 1 aromatic carbocycles. The molecule has 192 valence electrons. The molecule has 2 unspecified atom stereocenters. The first-order valence-electron chi connectivity index (χ1n) is 13.1. The second kappa shape index (κ2) is 9.34. The first-order chi connectivity index (χ1) is 18.0. The van der Waals surface area contributed by atoms with Crippen LogP contribution in [0, 0.1) is 17.2 Å². The molecule has 0 radical (unpaired) electrons. The van der Waals surface area contributed by atoms with E-state index in [9.17, 15) is 20.0 Å². The van der Waals surface area contributed by atoms with Crippen LogP contribution in [0.3, 0.4) is 0 Å². The van der Waals surface area contributed by atoms with Gasteiger partial charge < -0.3 is 14.7 Å². The quantitative estimate of drug-likeness (QED) is 0.618. The zero-order valence-corrected chi connectivity index (χ0v) is 20.8. The normalized spacial score (nSPS) is 26.8. The number of nitrogens with zero attached hydrogens (tertiary/aromatic N) is 5. The van der Waals surface area contributed by atoms with Crippen LogP contribution in [0.2, 0.25) is 0 Å². The molecule has 37 heavy (non-hydrogen) atoms. The Bertz CT molecular complexity index is 1270. The molecular formula is C28H31N5O4. The molecule has 0 spiro atoms. The first kappa shape index (κ1) is 23.7. The number of carbonyl (C=O) groups is 2. The fourth-order valence-corrected chi connectivity index (χ4v) is 6.13. The summed E-state index contributed by atoms with van der Waals surface area (Å²) in [5.41, 5.74) is 4.80. The van der Waals surface area contributed by atoms with E-state index in [0.29, 0.717) is 37.4 Å². The summed E-state index contributed by atoms with van der Waals surface area (Å²) in [7, 11) is 0. The lowest BCUT2D eigenvalue weighted by atomic mass is 9.80. The minimum Gasteiger partial charge on any atom is -0.465 e. The summed E-state index contributed by atoms with van der Waals surface area (Å²) in [4.78, 5) is 28.0. The molecule has 9 heteroatoms. The maximum absolute atomic E-state index is 12.8. The molecule has 0 saturated heterocycles. The number of ether oxygens (including phenoxy) is 1. The third-order valence-electron chi connectivity index (χ3n) is 8.51. The first-order valence-corrected chi connectivity index (χ1v) is 13.1. The Kier molecular flexibility index (Phi) is 6.00. The van der Waals surface area contributed by atoms with Crippen LogP contribution < -0.4 is 0 Å². The average molecular weight is 502 g/mol. The van der Waals surface area contributed by atoms with Crippen molar-refractivity contribution in [3.05, 3.63) is 59.4 Å². The van der Waals surface area contributed by atoms with Crippen LogP contribution >= 0.6 is 0 Å².